The second kappa shape index (κ2) is 7.31. The molecule has 1 aliphatic carbocycles. The molecule has 27 heavy (non-hydrogen) atoms. The number of ether oxygens (including phenoxy) is 1. The largest absolute Gasteiger partial charge is 0.508 e. The average molecular weight is 373 g/mol. The van der Waals surface area contributed by atoms with Crippen LogP contribution >= 0.6 is 0 Å². The molecule has 0 aromatic heterocycles. The van der Waals surface area contributed by atoms with Gasteiger partial charge in [0.05, 0.1) is 11.2 Å². The average Bonchev–Trinajstić information content (AvgIpc) is 2.96. The van der Waals surface area contributed by atoms with Gasteiger partial charge in [0, 0.05) is 11.5 Å². The lowest BCUT2D eigenvalue weighted by Gasteiger charge is -2.42. The summed E-state index contributed by atoms with van der Waals surface area (Å²) in [5, 5.41) is 21.8. The highest BCUT2D eigenvalue weighted by Crippen LogP contribution is 2.57. The number of allylic oxidation sites excluding steroid dienone is 1. The second-order valence-corrected chi connectivity index (χ2v) is 8.60. The molecule has 1 aromatic carbocycles. The molecular formula is C23H32O4. The highest BCUT2D eigenvalue weighted by molar-refractivity contribution is 5.99. The van der Waals surface area contributed by atoms with Gasteiger partial charge in [-0.1, -0.05) is 31.9 Å². The summed E-state index contributed by atoms with van der Waals surface area (Å²) in [5.74, 6) is 0.551. The van der Waals surface area contributed by atoms with E-state index < -0.39 is 11.7 Å². The molecule has 1 fully saturated rings. The summed E-state index contributed by atoms with van der Waals surface area (Å²) in [4.78, 5) is 12.5. The van der Waals surface area contributed by atoms with E-state index in [0.29, 0.717) is 23.3 Å². The van der Waals surface area contributed by atoms with Crippen molar-refractivity contribution >= 4 is 5.78 Å². The molecule has 0 amide bonds. The molecule has 1 heterocycles. The Morgan fingerprint density at radius 3 is 2.67 bits per heavy atom. The van der Waals surface area contributed by atoms with Crippen LogP contribution in [0.2, 0.25) is 0 Å². The van der Waals surface area contributed by atoms with Crippen molar-refractivity contribution in [3.63, 3.8) is 0 Å². The first-order valence-corrected chi connectivity index (χ1v) is 10.1. The molecule has 0 radical (unpaired) electrons. The number of hydrogen-bond acceptors (Lipinski definition) is 4. The minimum Gasteiger partial charge on any atom is -0.508 e. The van der Waals surface area contributed by atoms with E-state index in [1.54, 1.807) is 19.9 Å². The minimum atomic E-state index is -1.00. The second-order valence-electron chi connectivity index (χ2n) is 8.60. The molecule has 4 heteroatoms. The standard InChI is InChI=1S/C23H32O4/c1-6-7-8-9-15-12-17(25)20-19-16(13(2)3)10-11-23(5,26)22(19)27-21(20)18(15)14(4)24/h12,16,19,22,25-26H,2,6-11H2,1,3-5H3/t16-,19+,22-,23-/m0/s1. The van der Waals surface area contributed by atoms with E-state index in [1.165, 1.54) is 0 Å². The third kappa shape index (κ3) is 3.40. The van der Waals surface area contributed by atoms with Crippen LogP contribution < -0.4 is 4.74 Å². The number of fused-ring (bicyclic) bond motifs is 3. The van der Waals surface area contributed by atoms with Crippen LogP contribution in [0, 0.1) is 5.92 Å². The Kier molecular flexibility index (Phi) is 5.40. The van der Waals surface area contributed by atoms with Crippen LogP contribution in [0.5, 0.6) is 11.5 Å². The van der Waals surface area contributed by atoms with Crippen LogP contribution in [-0.4, -0.2) is 27.7 Å². The molecule has 1 aromatic rings. The van der Waals surface area contributed by atoms with E-state index in [4.69, 9.17) is 4.74 Å². The van der Waals surface area contributed by atoms with E-state index in [2.05, 4.69) is 13.5 Å². The van der Waals surface area contributed by atoms with Crippen molar-refractivity contribution in [3.8, 4) is 11.5 Å². The first kappa shape index (κ1) is 19.9. The lowest BCUT2D eigenvalue weighted by molar-refractivity contribution is -0.0825. The van der Waals surface area contributed by atoms with Crippen LogP contribution in [0.15, 0.2) is 18.2 Å². The lowest BCUT2D eigenvalue weighted by Crippen LogP contribution is -2.50. The molecule has 4 atom stereocenters. The van der Waals surface area contributed by atoms with E-state index in [0.717, 1.165) is 43.2 Å². The number of phenols is 1. The van der Waals surface area contributed by atoms with Crippen LogP contribution in [0.1, 0.15) is 87.2 Å². The Labute approximate surface area is 162 Å². The smallest absolute Gasteiger partial charge is 0.163 e. The molecule has 0 spiro atoms. The van der Waals surface area contributed by atoms with Crippen LogP contribution in [-0.2, 0) is 6.42 Å². The topological polar surface area (TPSA) is 66.8 Å². The zero-order valence-electron chi connectivity index (χ0n) is 17.0. The van der Waals surface area contributed by atoms with Crippen molar-refractivity contribution in [2.24, 2.45) is 5.92 Å². The maximum absolute atomic E-state index is 12.5. The SMILES string of the molecule is C=C(C)[C@@H]1CC[C@](C)(O)[C@H]2Oc3c(C(C)=O)c(CCCCC)cc(O)c3[C@@H]12. The van der Waals surface area contributed by atoms with E-state index in [1.807, 2.05) is 6.92 Å². The number of phenolic OH excluding ortho intramolecular Hbond substituents is 1. The van der Waals surface area contributed by atoms with Crippen LogP contribution in [0.3, 0.4) is 0 Å². The molecule has 148 valence electrons. The van der Waals surface area contributed by atoms with Crippen molar-refractivity contribution in [1.82, 2.24) is 0 Å². The number of hydrogen-bond donors (Lipinski definition) is 2. The number of ketones is 1. The van der Waals surface area contributed by atoms with Gasteiger partial charge in [0.2, 0.25) is 0 Å². The summed E-state index contributed by atoms with van der Waals surface area (Å²) in [6.07, 6.45) is 4.80. The van der Waals surface area contributed by atoms with Crippen LogP contribution in [0.25, 0.3) is 0 Å². The van der Waals surface area contributed by atoms with Crippen LogP contribution in [0.4, 0.5) is 0 Å². The van der Waals surface area contributed by atoms with E-state index in [-0.39, 0.29) is 23.4 Å². The first-order chi connectivity index (χ1) is 12.7. The number of benzene rings is 1. The van der Waals surface area contributed by atoms with E-state index >= 15 is 0 Å². The molecule has 4 nitrogen and oxygen atoms in total. The van der Waals surface area contributed by atoms with Gasteiger partial charge in [-0.3, -0.25) is 4.79 Å². The molecule has 3 rings (SSSR count). The molecule has 0 unspecified atom stereocenters. The molecule has 1 aliphatic heterocycles. The number of aromatic hydroxyl groups is 1. The van der Waals surface area contributed by atoms with Gasteiger partial charge in [0.15, 0.2) is 5.78 Å². The van der Waals surface area contributed by atoms with Crippen molar-refractivity contribution < 1.29 is 19.7 Å². The van der Waals surface area contributed by atoms with Gasteiger partial charge in [0.1, 0.15) is 17.6 Å². The Bertz CT molecular complexity index is 762. The maximum atomic E-state index is 12.5. The summed E-state index contributed by atoms with van der Waals surface area (Å²) >= 11 is 0. The van der Waals surface area contributed by atoms with Crippen molar-refractivity contribution in [3.05, 3.63) is 34.9 Å². The van der Waals surface area contributed by atoms with Gasteiger partial charge >= 0.3 is 0 Å². The number of carbonyl (C=O) groups is 1. The Morgan fingerprint density at radius 1 is 1.37 bits per heavy atom. The molecule has 0 bridgehead atoms. The third-order valence-electron chi connectivity index (χ3n) is 6.33. The Balaban J connectivity index is 2.14. The van der Waals surface area contributed by atoms with Gasteiger partial charge in [-0.05, 0) is 64.0 Å². The summed E-state index contributed by atoms with van der Waals surface area (Å²) in [5.41, 5.74) is 2.12. The molecular weight excluding hydrogens is 340 g/mol. The number of Topliss-reactive ketones (excluding diaryl/α,β-unsaturated/α-hetero) is 1. The van der Waals surface area contributed by atoms with Crippen molar-refractivity contribution in [2.45, 2.75) is 83.8 Å². The van der Waals surface area contributed by atoms with Gasteiger partial charge in [0.25, 0.3) is 0 Å². The number of aryl methyl sites for hydroxylation is 1. The maximum Gasteiger partial charge on any atom is 0.163 e. The quantitative estimate of drug-likeness (QED) is 0.423. The fraction of sp³-hybridized carbons (Fsp3) is 0.609. The van der Waals surface area contributed by atoms with Crippen molar-refractivity contribution in [1.29, 1.82) is 0 Å². The van der Waals surface area contributed by atoms with Crippen molar-refractivity contribution in [2.75, 3.05) is 0 Å². The Morgan fingerprint density at radius 2 is 2.07 bits per heavy atom. The molecule has 2 aliphatic rings. The number of unbranched alkanes of at least 4 members (excludes halogenated alkanes) is 2. The zero-order chi connectivity index (χ0) is 19.9. The molecule has 1 saturated carbocycles. The summed E-state index contributed by atoms with van der Waals surface area (Å²) in [7, 11) is 0. The minimum absolute atomic E-state index is 0.0529. The third-order valence-corrected chi connectivity index (χ3v) is 6.33. The summed E-state index contributed by atoms with van der Waals surface area (Å²) in [6.45, 7) is 11.6. The highest BCUT2D eigenvalue weighted by Gasteiger charge is 2.54. The Hall–Kier alpha value is -1.81. The van der Waals surface area contributed by atoms with Gasteiger partial charge in [-0.15, -0.1) is 0 Å². The number of carbonyl (C=O) groups excluding carboxylic acids is 1. The fourth-order valence-electron chi connectivity index (χ4n) is 4.90. The molecule has 0 saturated heterocycles. The predicted octanol–water partition coefficient (Wildman–Crippen LogP) is 4.91. The fourth-order valence-corrected chi connectivity index (χ4v) is 4.90. The van der Waals surface area contributed by atoms with Gasteiger partial charge in [-0.25, -0.2) is 0 Å². The monoisotopic (exact) mass is 372 g/mol. The number of aliphatic hydroxyl groups is 1. The number of rotatable bonds is 6. The summed E-state index contributed by atoms with van der Waals surface area (Å²) < 4.78 is 6.25. The highest BCUT2D eigenvalue weighted by atomic mass is 16.5. The van der Waals surface area contributed by atoms with E-state index in [9.17, 15) is 15.0 Å². The normalized spacial score (nSPS) is 29.0. The van der Waals surface area contributed by atoms with Gasteiger partial charge < -0.3 is 14.9 Å². The zero-order valence-corrected chi connectivity index (χ0v) is 17.0. The summed E-state index contributed by atoms with van der Waals surface area (Å²) in [6, 6.07) is 1.75. The van der Waals surface area contributed by atoms with Gasteiger partial charge in [-0.2, -0.15) is 0 Å². The lowest BCUT2D eigenvalue weighted by atomic mass is 9.66. The first-order valence-electron chi connectivity index (χ1n) is 10.1. The molecule has 2 N–H and O–H groups in total. The predicted molar refractivity (Wildman–Crippen MR) is 107 cm³/mol.